The Bertz CT molecular complexity index is 449. The summed E-state index contributed by atoms with van der Waals surface area (Å²) in [4.78, 5) is 0. The summed E-state index contributed by atoms with van der Waals surface area (Å²) in [6.07, 6.45) is 4.16. The fraction of sp³-hybridized carbons (Fsp3) is 0.625. The van der Waals surface area contributed by atoms with E-state index >= 15 is 0 Å². The maximum Gasteiger partial charge on any atom is 0.168 e. The summed E-state index contributed by atoms with van der Waals surface area (Å²) in [7, 11) is 0. The van der Waals surface area contributed by atoms with Crippen LogP contribution in [-0.2, 0) is 14.2 Å². The molecule has 0 atom stereocenters. The van der Waals surface area contributed by atoms with Crippen molar-refractivity contribution in [2.24, 2.45) is 0 Å². The summed E-state index contributed by atoms with van der Waals surface area (Å²) in [5.41, 5.74) is 0. The lowest BCUT2D eigenvalue weighted by atomic mass is 9.92. The fourth-order valence-electron chi connectivity index (χ4n) is 2.91. The quantitative estimate of drug-likeness (QED) is 0.756. The van der Waals surface area contributed by atoms with Gasteiger partial charge in [-0.3, -0.25) is 0 Å². The Morgan fingerprint density at radius 1 is 1.14 bits per heavy atom. The van der Waals surface area contributed by atoms with E-state index in [9.17, 15) is 0 Å². The summed E-state index contributed by atoms with van der Waals surface area (Å²) in [6, 6.07) is 7.85. The average Bonchev–Trinajstić information content (AvgIpc) is 2.94. The number of halogens is 1. The minimum absolute atomic E-state index is 0.299. The van der Waals surface area contributed by atoms with E-state index in [0.717, 1.165) is 49.1 Å². The van der Waals surface area contributed by atoms with Crippen LogP contribution in [0.25, 0.3) is 0 Å². The van der Waals surface area contributed by atoms with E-state index in [2.05, 4.69) is 15.9 Å². The van der Waals surface area contributed by atoms with Gasteiger partial charge in [0.15, 0.2) is 5.79 Å². The molecule has 2 aliphatic rings. The van der Waals surface area contributed by atoms with Crippen molar-refractivity contribution in [1.82, 2.24) is 0 Å². The molecule has 1 aromatic carbocycles. The zero-order valence-corrected chi connectivity index (χ0v) is 13.6. The molecule has 1 aliphatic heterocycles. The van der Waals surface area contributed by atoms with Crippen molar-refractivity contribution in [3.63, 3.8) is 0 Å². The van der Waals surface area contributed by atoms with Gasteiger partial charge in [0, 0.05) is 17.3 Å². The Balaban J connectivity index is 1.33. The van der Waals surface area contributed by atoms with E-state index < -0.39 is 0 Å². The van der Waals surface area contributed by atoms with Gasteiger partial charge in [0.1, 0.15) is 12.4 Å². The number of ether oxygens (including phenoxy) is 4. The molecule has 1 saturated heterocycles. The molecular formula is C16H21BrO4. The first kappa shape index (κ1) is 15.3. The van der Waals surface area contributed by atoms with E-state index in [1.807, 2.05) is 24.3 Å². The van der Waals surface area contributed by atoms with Gasteiger partial charge in [-0.05, 0) is 31.0 Å². The third-order valence-corrected chi connectivity index (χ3v) is 4.50. The van der Waals surface area contributed by atoms with Gasteiger partial charge in [0.2, 0.25) is 0 Å². The Morgan fingerprint density at radius 2 is 1.90 bits per heavy atom. The number of hydrogen-bond donors (Lipinski definition) is 0. The van der Waals surface area contributed by atoms with Gasteiger partial charge < -0.3 is 18.9 Å². The second-order valence-corrected chi connectivity index (χ2v) is 6.40. The van der Waals surface area contributed by atoms with Crippen molar-refractivity contribution in [3.05, 3.63) is 28.7 Å². The molecule has 2 fully saturated rings. The number of benzene rings is 1. The monoisotopic (exact) mass is 356 g/mol. The lowest BCUT2D eigenvalue weighted by molar-refractivity contribution is -0.192. The van der Waals surface area contributed by atoms with Crippen LogP contribution in [0.2, 0.25) is 0 Å². The van der Waals surface area contributed by atoms with Gasteiger partial charge in [-0.2, -0.15) is 0 Å². The van der Waals surface area contributed by atoms with Crippen LogP contribution in [0, 0.1) is 0 Å². The third-order valence-electron chi connectivity index (χ3n) is 4.01. The summed E-state index contributed by atoms with van der Waals surface area (Å²) in [6.45, 7) is 2.65. The molecule has 1 saturated carbocycles. The van der Waals surface area contributed by atoms with E-state index in [0.29, 0.717) is 19.3 Å². The zero-order chi connectivity index (χ0) is 14.5. The van der Waals surface area contributed by atoms with Gasteiger partial charge in [0.25, 0.3) is 0 Å². The van der Waals surface area contributed by atoms with Crippen molar-refractivity contribution in [3.8, 4) is 5.75 Å². The predicted octanol–water partition coefficient (Wildman–Crippen LogP) is 3.53. The molecule has 0 radical (unpaired) electrons. The van der Waals surface area contributed by atoms with Crippen molar-refractivity contribution in [2.75, 3.05) is 26.4 Å². The Hall–Kier alpha value is -0.620. The van der Waals surface area contributed by atoms with E-state index in [-0.39, 0.29) is 5.79 Å². The highest BCUT2D eigenvalue weighted by Crippen LogP contribution is 2.36. The highest BCUT2D eigenvalue weighted by atomic mass is 79.9. The van der Waals surface area contributed by atoms with Crippen LogP contribution in [0.4, 0.5) is 0 Å². The van der Waals surface area contributed by atoms with Crippen LogP contribution >= 0.6 is 15.9 Å². The average molecular weight is 357 g/mol. The minimum atomic E-state index is -0.299. The topological polar surface area (TPSA) is 36.9 Å². The summed E-state index contributed by atoms with van der Waals surface area (Å²) < 4.78 is 24.0. The Kier molecular flexibility index (Phi) is 5.16. The molecule has 1 aliphatic carbocycles. The first-order valence-corrected chi connectivity index (χ1v) is 8.33. The minimum Gasteiger partial charge on any atom is -0.491 e. The molecule has 0 N–H and O–H groups in total. The second-order valence-electron chi connectivity index (χ2n) is 5.48. The van der Waals surface area contributed by atoms with Crippen LogP contribution in [0.15, 0.2) is 28.7 Å². The van der Waals surface area contributed by atoms with Gasteiger partial charge in [0.05, 0.1) is 25.9 Å². The third kappa shape index (κ3) is 4.19. The summed E-state index contributed by atoms with van der Waals surface area (Å²) >= 11 is 3.43. The molecule has 0 amide bonds. The zero-order valence-electron chi connectivity index (χ0n) is 12.1. The smallest absolute Gasteiger partial charge is 0.168 e. The second kappa shape index (κ2) is 7.09. The van der Waals surface area contributed by atoms with Gasteiger partial charge in [-0.25, -0.2) is 0 Å². The van der Waals surface area contributed by atoms with E-state index in [1.165, 1.54) is 0 Å². The Morgan fingerprint density at radius 3 is 2.62 bits per heavy atom. The van der Waals surface area contributed by atoms with Crippen molar-refractivity contribution < 1.29 is 18.9 Å². The highest BCUT2D eigenvalue weighted by molar-refractivity contribution is 9.10. The molecule has 3 rings (SSSR count). The molecule has 1 aromatic rings. The molecule has 5 heteroatoms. The standard InChI is InChI=1S/C16H21BrO4/c17-13-2-1-3-15(12-13)19-9-8-18-14-4-6-16(7-5-14)20-10-11-21-16/h1-3,12,14H,4-11H2. The lowest BCUT2D eigenvalue weighted by Crippen LogP contribution is -2.37. The van der Waals surface area contributed by atoms with Gasteiger partial charge in [-0.15, -0.1) is 0 Å². The molecule has 0 unspecified atom stereocenters. The molecule has 0 aromatic heterocycles. The summed E-state index contributed by atoms with van der Waals surface area (Å²) in [5, 5.41) is 0. The van der Waals surface area contributed by atoms with Crippen molar-refractivity contribution in [2.45, 2.75) is 37.6 Å². The maximum atomic E-state index is 5.89. The number of hydrogen-bond acceptors (Lipinski definition) is 4. The van der Waals surface area contributed by atoms with Crippen molar-refractivity contribution in [1.29, 1.82) is 0 Å². The molecule has 21 heavy (non-hydrogen) atoms. The molecule has 116 valence electrons. The van der Waals surface area contributed by atoms with Crippen LogP contribution < -0.4 is 4.74 Å². The molecular weight excluding hydrogens is 336 g/mol. The highest BCUT2D eigenvalue weighted by Gasteiger charge is 2.40. The van der Waals surface area contributed by atoms with E-state index in [4.69, 9.17) is 18.9 Å². The molecule has 4 nitrogen and oxygen atoms in total. The summed E-state index contributed by atoms with van der Waals surface area (Å²) in [5.74, 6) is 0.565. The van der Waals surface area contributed by atoms with Crippen LogP contribution in [0.5, 0.6) is 5.75 Å². The lowest BCUT2D eigenvalue weighted by Gasteiger charge is -2.35. The molecule has 1 heterocycles. The molecule has 0 bridgehead atoms. The van der Waals surface area contributed by atoms with Crippen LogP contribution in [0.1, 0.15) is 25.7 Å². The van der Waals surface area contributed by atoms with Gasteiger partial charge in [-0.1, -0.05) is 22.0 Å². The van der Waals surface area contributed by atoms with E-state index in [1.54, 1.807) is 0 Å². The predicted molar refractivity (Wildman–Crippen MR) is 82.5 cm³/mol. The first-order chi connectivity index (χ1) is 10.3. The Labute approximate surface area is 133 Å². The number of rotatable bonds is 5. The van der Waals surface area contributed by atoms with Crippen LogP contribution in [-0.4, -0.2) is 38.3 Å². The maximum absolute atomic E-state index is 5.89. The SMILES string of the molecule is Brc1cccc(OCCOC2CCC3(CC2)OCCO3)c1. The van der Waals surface area contributed by atoms with Gasteiger partial charge >= 0.3 is 0 Å². The van der Waals surface area contributed by atoms with Crippen LogP contribution in [0.3, 0.4) is 0 Å². The normalized spacial score (nSPS) is 21.8. The van der Waals surface area contributed by atoms with Crippen molar-refractivity contribution >= 4 is 15.9 Å². The first-order valence-electron chi connectivity index (χ1n) is 7.54. The largest absolute Gasteiger partial charge is 0.491 e. The fourth-order valence-corrected chi connectivity index (χ4v) is 3.29. The molecule has 1 spiro atoms.